The molecule has 4 bridgehead atoms. The van der Waals surface area contributed by atoms with Gasteiger partial charge in [0.1, 0.15) is 0 Å². The molecule has 4 aliphatic carbocycles. The van der Waals surface area contributed by atoms with Crippen molar-refractivity contribution in [3.63, 3.8) is 0 Å². The average Bonchev–Trinajstić information content (AvgIpc) is 2.49. The number of nitrogens with one attached hydrogen (secondary N) is 1. The maximum absolute atomic E-state index is 12.7. The van der Waals surface area contributed by atoms with E-state index in [1.165, 1.54) is 38.5 Å². The summed E-state index contributed by atoms with van der Waals surface area (Å²) in [6, 6.07) is -0.301. The molecule has 0 spiro atoms. The zero-order valence-corrected chi connectivity index (χ0v) is 15.1. The first kappa shape index (κ1) is 16.4. The molecule has 134 valence electrons. The Labute approximate surface area is 145 Å². The molecule has 1 N–H and O–H groups in total. The number of nitrogens with zero attached hydrogens (tertiary/aromatic N) is 2. The molecule has 5 nitrogen and oxygen atoms in total. The summed E-state index contributed by atoms with van der Waals surface area (Å²) in [5, 5.41) is 2.88. The van der Waals surface area contributed by atoms with Gasteiger partial charge in [0.15, 0.2) is 0 Å². The van der Waals surface area contributed by atoms with Crippen LogP contribution in [-0.4, -0.2) is 61.4 Å². The fourth-order valence-electron chi connectivity index (χ4n) is 6.47. The second-order valence-electron chi connectivity index (χ2n) is 9.16. The van der Waals surface area contributed by atoms with Crippen molar-refractivity contribution >= 4 is 11.8 Å². The van der Waals surface area contributed by atoms with E-state index in [0.29, 0.717) is 18.4 Å². The highest BCUT2D eigenvalue weighted by atomic mass is 16.2. The van der Waals surface area contributed by atoms with Crippen molar-refractivity contribution in [3.05, 3.63) is 0 Å². The van der Waals surface area contributed by atoms with Gasteiger partial charge < -0.3 is 10.2 Å². The number of carbonyl (C=O) groups excluding carboxylic acids is 2. The molecule has 24 heavy (non-hydrogen) atoms. The van der Waals surface area contributed by atoms with E-state index in [-0.39, 0.29) is 17.9 Å². The first-order chi connectivity index (χ1) is 11.4. The SMILES string of the molecule is CN(CC12CC3CC(CC(C3)C1)C2)C(=O)C[C@@H]1C(=O)NCCN1C. The van der Waals surface area contributed by atoms with E-state index in [4.69, 9.17) is 0 Å². The summed E-state index contributed by atoms with van der Waals surface area (Å²) in [4.78, 5) is 28.7. The van der Waals surface area contributed by atoms with Gasteiger partial charge in [0, 0.05) is 26.7 Å². The van der Waals surface area contributed by atoms with Crippen LogP contribution in [0.1, 0.15) is 44.9 Å². The Bertz CT molecular complexity index is 497. The van der Waals surface area contributed by atoms with Crippen LogP contribution in [0.5, 0.6) is 0 Å². The van der Waals surface area contributed by atoms with Crippen molar-refractivity contribution in [1.82, 2.24) is 15.1 Å². The van der Waals surface area contributed by atoms with E-state index < -0.39 is 0 Å². The van der Waals surface area contributed by atoms with Crippen molar-refractivity contribution in [3.8, 4) is 0 Å². The molecule has 1 heterocycles. The summed E-state index contributed by atoms with van der Waals surface area (Å²) in [5.74, 6) is 2.86. The zero-order valence-electron chi connectivity index (χ0n) is 15.1. The van der Waals surface area contributed by atoms with Crippen LogP contribution in [0.25, 0.3) is 0 Å². The first-order valence-electron chi connectivity index (χ1n) is 9.66. The van der Waals surface area contributed by atoms with Crippen LogP contribution in [0.2, 0.25) is 0 Å². The van der Waals surface area contributed by atoms with E-state index in [1.54, 1.807) is 0 Å². The molecule has 4 saturated carbocycles. The lowest BCUT2D eigenvalue weighted by Crippen LogP contribution is -2.56. The zero-order chi connectivity index (χ0) is 16.9. The van der Waals surface area contributed by atoms with Crippen LogP contribution >= 0.6 is 0 Å². The van der Waals surface area contributed by atoms with Crippen LogP contribution in [0, 0.1) is 23.2 Å². The molecule has 5 fully saturated rings. The minimum absolute atomic E-state index is 0.000282. The predicted octanol–water partition coefficient (Wildman–Crippen LogP) is 1.48. The lowest BCUT2D eigenvalue weighted by atomic mass is 9.49. The second kappa shape index (κ2) is 6.01. The third-order valence-corrected chi connectivity index (χ3v) is 7.13. The molecule has 1 aliphatic heterocycles. The number of hydrogen-bond donors (Lipinski definition) is 1. The molecular formula is C19H31N3O2. The maximum atomic E-state index is 12.7. The fourth-order valence-corrected chi connectivity index (χ4v) is 6.47. The van der Waals surface area contributed by atoms with Crippen molar-refractivity contribution in [2.75, 3.05) is 33.7 Å². The van der Waals surface area contributed by atoms with Crippen LogP contribution in [0.15, 0.2) is 0 Å². The van der Waals surface area contributed by atoms with Gasteiger partial charge in [-0.2, -0.15) is 0 Å². The maximum Gasteiger partial charge on any atom is 0.237 e. The van der Waals surface area contributed by atoms with Crippen molar-refractivity contribution in [1.29, 1.82) is 0 Å². The monoisotopic (exact) mass is 333 g/mol. The summed E-state index contributed by atoms with van der Waals surface area (Å²) in [7, 11) is 3.89. The number of hydrogen-bond acceptors (Lipinski definition) is 3. The van der Waals surface area contributed by atoms with Crippen LogP contribution in [0.3, 0.4) is 0 Å². The highest BCUT2D eigenvalue weighted by molar-refractivity contribution is 5.88. The molecule has 5 aliphatic rings. The Morgan fingerprint density at radius 3 is 2.33 bits per heavy atom. The summed E-state index contributed by atoms with van der Waals surface area (Å²) in [6.45, 7) is 2.40. The van der Waals surface area contributed by atoms with E-state index in [1.807, 2.05) is 23.9 Å². The van der Waals surface area contributed by atoms with E-state index in [0.717, 1.165) is 30.8 Å². The summed E-state index contributed by atoms with van der Waals surface area (Å²) >= 11 is 0. The average molecular weight is 333 g/mol. The van der Waals surface area contributed by atoms with Crippen molar-refractivity contribution in [2.24, 2.45) is 23.2 Å². The lowest BCUT2D eigenvalue weighted by Gasteiger charge is -2.57. The van der Waals surface area contributed by atoms with E-state index in [2.05, 4.69) is 5.32 Å². The highest BCUT2D eigenvalue weighted by Crippen LogP contribution is 2.60. The number of amides is 2. The van der Waals surface area contributed by atoms with Crippen molar-refractivity contribution < 1.29 is 9.59 Å². The molecule has 0 radical (unpaired) electrons. The van der Waals surface area contributed by atoms with Crippen LogP contribution < -0.4 is 5.32 Å². The highest BCUT2D eigenvalue weighted by Gasteiger charge is 2.51. The largest absolute Gasteiger partial charge is 0.353 e. The van der Waals surface area contributed by atoms with Gasteiger partial charge in [-0.05, 0) is 68.7 Å². The van der Waals surface area contributed by atoms with E-state index >= 15 is 0 Å². The first-order valence-corrected chi connectivity index (χ1v) is 9.66. The summed E-state index contributed by atoms with van der Waals surface area (Å²) < 4.78 is 0. The Morgan fingerprint density at radius 2 is 1.79 bits per heavy atom. The Morgan fingerprint density at radius 1 is 1.21 bits per heavy atom. The number of likely N-dealkylation sites (N-methyl/N-ethyl adjacent to an activating group) is 1. The Hall–Kier alpha value is -1.10. The third-order valence-electron chi connectivity index (χ3n) is 7.13. The quantitative estimate of drug-likeness (QED) is 0.848. The van der Waals surface area contributed by atoms with Crippen LogP contribution in [-0.2, 0) is 9.59 Å². The molecule has 0 unspecified atom stereocenters. The van der Waals surface area contributed by atoms with Gasteiger partial charge in [-0.1, -0.05) is 0 Å². The minimum atomic E-state index is -0.301. The van der Waals surface area contributed by atoms with Gasteiger partial charge >= 0.3 is 0 Å². The molecule has 0 aromatic carbocycles. The van der Waals surface area contributed by atoms with Crippen LogP contribution in [0.4, 0.5) is 0 Å². The fraction of sp³-hybridized carbons (Fsp3) is 0.895. The van der Waals surface area contributed by atoms with E-state index in [9.17, 15) is 9.59 Å². The van der Waals surface area contributed by atoms with Crippen molar-refractivity contribution in [2.45, 2.75) is 51.0 Å². The molecule has 0 aromatic heterocycles. The molecule has 5 heteroatoms. The lowest BCUT2D eigenvalue weighted by molar-refractivity contribution is -0.140. The number of rotatable bonds is 4. The number of piperazine rings is 1. The van der Waals surface area contributed by atoms with Gasteiger partial charge in [0.25, 0.3) is 0 Å². The molecule has 1 saturated heterocycles. The minimum Gasteiger partial charge on any atom is -0.353 e. The Kier molecular flexibility index (Phi) is 4.10. The summed E-state index contributed by atoms with van der Waals surface area (Å²) in [6.07, 6.45) is 8.57. The van der Waals surface area contributed by atoms with Gasteiger partial charge in [0.2, 0.25) is 11.8 Å². The molecule has 2 amide bonds. The predicted molar refractivity (Wildman–Crippen MR) is 92.3 cm³/mol. The molecular weight excluding hydrogens is 302 g/mol. The normalized spacial score (nSPS) is 41.3. The molecule has 0 aromatic rings. The third kappa shape index (κ3) is 2.96. The second-order valence-corrected chi connectivity index (χ2v) is 9.16. The standard InChI is InChI=1S/C19H31N3O2/c1-21-4-3-20-18(24)16(21)8-17(23)22(2)12-19-9-13-5-14(10-19)7-15(6-13)11-19/h13-16H,3-12H2,1-2H3,(H,20,24)/t13?,14?,15?,16-,19?/m1/s1. The topological polar surface area (TPSA) is 52.7 Å². The van der Waals surface area contributed by atoms with Gasteiger partial charge in [0.05, 0.1) is 12.5 Å². The molecule has 1 atom stereocenters. The van der Waals surface area contributed by atoms with Gasteiger partial charge in [-0.25, -0.2) is 0 Å². The molecule has 5 rings (SSSR count). The summed E-state index contributed by atoms with van der Waals surface area (Å²) in [5.41, 5.74) is 0.375. The smallest absolute Gasteiger partial charge is 0.237 e. The Balaban J connectivity index is 1.38. The van der Waals surface area contributed by atoms with Gasteiger partial charge in [-0.15, -0.1) is 0 Å². The van der Waals surface area contributed by atoms with Gasteiger partial charge in [-0.3, -0.25) is 14.5 Å². The number of carbonyl (C=O) groups is 2.